The summed E-state index contributed by atoms with van der Waals surface area (Å²) in [6, 6.07) is 10.3. The van der Waals surface area contributed by atoms with Crippen LogP contribution in [-0.4, -0.2) is 42.3 Å². The Morgan fingerprint density at radius 3 is 2.47 bits per heavy atom. The number of amides is 1. The molecule has 1 amide bonds. The van der Waals surface area contributed by atoms with Crippen LogP contribution in [0.2, 0.25) is 0 Å². The van der Waals surface area contributed by atoms with Gasteiger partial charge in [0.1, 0.15) is 6.54 Å². The summed E-state index contributed by atoms with van der Waals surface area (Å²) < 4.78 is 66.8. The van der Waals surface area contributed by atoms with E-state index in [1.54, 1.807) is 19.1 Å². The molecule has 3 rings (SSSR count). The van der Waals surface area contributed by atoms with Crippen LogP contribution in [0.1, 0.15) is 11.4 Å². The van der Waals surface area contributed by atoms with Crippen molar-refractivity contribution in [2.45, 2.75) is 24.5 Å². The summed E-state index contributed by atoms with van der Waals surface area (Å²) in [5.74, 6) is -1.93. The Hall–Kier alpha value is -2.92. The second-order valence-electron chi connectivity index (χ2n) is 6.82. The number of imidazole rings is 1. The van der Waals surface area contributed by atoms with E-state index >= 15 is 0 Å². The zero-order valence-electron chi connectivity index (χ0n) is 16.4. The molecule has 11 heteroatoms. The number of anilines is 1. The number of hydrogen-bond donors (Lipinski definition) is 1. The van der Waals surface area contributed by atoms with Crippen LogP contribution < -0.4 is 5.32 Å². The van der Waals surface area contributed by atoms with E-state index in [1.807, 2.05) is 0 Å². The normalized spacial score (nSPS) is 12.5. The summed E-state index contributed by atoms with van der Waals surface area (Å²) in [5.41, 5.74) is 0.915. The third-order valence-corrected chi connectivity index (χ3v) is 6.40. The number of sulfonamides is 1. The zero-order chi connectivity index (χ0) is 22.3. The van der Waals surface area contributed by atoms with Gasteiger partial charge in [-0.05, 0) is 36.8 Å². The van der Waals surface area contributed by atoms with E-state index in [4.69, 9.17) is 0 Å². The maximum absolute atomic E-state index is 13.4. The first-order valence-electron chi connectivity index (χ1n) is 8.77. The maximum Gasteiger partial charge on any atom is 0.449 e. The lowest BCUT2D eigenvalue weighted by Crippen LogP contribution is -2.24. The van der Waals surface area contributed by atoms with Crippen molar-refractivity contribution in [2.75, 3.05) is 19.4 Å². The van der Waals surface area contributed by atoms with E-state index in [2.05, 4.69) is 10.3 Å². The van der Waals surface area contributed by atoms with Crippen molar-refractivity contribution in [1.29, 1.82) is 0 Å². The molecule has 160 valence electrons. The first-order valence-corrected chi connectivity index (χ1v) is 10.2. The van der Waals surface area contributed by atoms with Gasteiger partial charge in [0.2, 0.25) is 21.8 Å². The van der Waals surface area contributed by atoms with Gasteiger partial charge in [-0.1, -0.05) is 18.2 Å². The fourth-order valence-corrected chi connectivity index (χ4v) is 4.09. The molecule has 1 N–H and O–H groups in total. The van der Waals surface area contributed by atoms with Crippen LogP contribution in [0.4, 0.5) is 18.9 Å². The molecular formula is C19H19F3N4O3S. The fourth-order valence-electron chi connectivity index (χ4n) is 2.95. The van der Waals surface area contributed by atoms with Crippen LogP contribution >= 0.6 is 0 Å². The molecule has 0 aliphatic rings. The summed E-state index contributed by atoms with van der Waals surface area (Å²) in [7, 11) is -0.997. The van der Waals surface area contributed by atoms with Gasteiger partial charge in [-0.3, -0.25) is 4.79 Å². The number of hydrogen-bond acceptors (Lipinski definition) is 4. The Morgan fingerprint density at radius 2 is 1.83 bits per heavy atom. The molecule has 0 unspecified atom stereocenters. The number of nitrogens with zero attached hydrogens (tertiary/aromatic N) is 3. The zero-order valence-corrected chi connectivity index (χ0v) is 17.2. The lowest BCUT2D eigenvalue weighted by atomic mass is 10.2. The second-order valence-corrected chi connectivity index (χ2v) is 8.94. The number of rotatable bonds is 5. The van der Waals surface area contributed by atoms with Crippen molar-refractivity contribution in [1.82, 2.24) is 13.9 Å². The van der Waals surface area contributed by atoms with Crippen LogP contribution in [0.5, 0.6) is 0 Å². The maximum atomic E-state index is 13.4. The predicted molar refractivity (Wildman–Crippen MR) is 105 cm³/mol. The van der Waals surface area contributed by atoms with Gasteiger partial charge >= 0.3 is 6.18 Å². The molecular weight excluding hydrogens is 421 g/mol. The Bertz CT molecular complexity index is 1220. The monoisotopic (exact) mass is 440 g/mol. The van der Waals surface area contributed by atoms with Gasteiger partial charge in [0.25, 0.3) is 0 Å². The Kier molecular flexibility index (Phi) is 5.61. The molecule has 30 heavy (non-hydrogen) atoms. The SMILES string of the molecule is Cc1ccc(NC(=O)Cn2c(C(F)(F)F)nc3ccccc32)cc1S(=O)(=O)N(C)C. The molecule has 7 nitrogen and oxygen atoms in total. The number of fused-ring (bicyclic) bond motifs is 1. The molecule has 0 fully saturated rings. The molecule has 1 aromatic heterocycles. The molecule has 0 spiro atoms. The van der Waals surface area contributed by atoms with E-state index in [9.17, 15) is 26.4 Å². The van der Waals surface area contributed by atoms with E-state index in [-0.39, 0.29) is 21.6 Å². The largest absolute Gasteiger partial charge is 0.449 e. The lowest BCUT2D eigenvalue weighted by molar-refractivity contribution is -0.147. The predicted octanol–water partition coefficient (Wildman–Crippen LogP) is 3.25. The van der Waals surface area contributed by atoms with E-state index in [0.29, 0.717) is 5.56 Å². The molecule has 0 aliphatic carbocycles. The van der Waals surface area contributed by atoms with Crippen molar-refractivity contribution in [3.8, 4) is 0 Å². The number of carbonyl (C=O) groups is 1. The molecule has 0 radical (unpaired) electrons. The summed E-state index contributed by atoms with van der Waals surface area (Å²) >= 11 is 0. The van der Waals surface area contributed by atoms with Crippen LogP contribution in [0.3, 0.4) is 0 Å². The smallest absolute Gasteiger partial charge is 0.324 e. The average Bonchev–Trinajstić information content (AvgIpc) is 3.02. The van der Waals surface area contributed by atoms with E-state index in [0.717, 1.165) is 8.87 Å². The number of nitrogens with one attached hydrogen (secondary N) is 1. The van der Waals surface area contributed by atoms with Crippen LogP contribution in [0.25, 0.3) is 11.0 Å². The molecule has 2 aromatic carbocycles. The van der Waals surface area contributed by atoms with Crippen LogP contribution in [0.15, 0.2) is 47.4 Å². The van der Waals surface area contributed by atoms with Gasteiger partial charge in [-0.15, -0.1) is 0 Å². The van der Waals surface area contributed by atoms with Crippen molar-refractivity contribution >= 4 is 32.7 Å². The van der Waals surface area contributed by atoms with Gasteiger partial charge in [0, 0.05) is 19.8 Å². The van der Waals surface area contributed by atoms with E-state index < -0.39 is 34.5 Å². The topological polar surface area (TPSA) is 84.3 Å². The highest BCUT2D eigenvalue weighted by Gasteiger charge is 2.38. The fraction of sp³-hybridized carbons (Fsp3) is 0.263. The van der Waals surface area contributed by atoms with Gasteiger partial charge in [-0.2, -0.15) is 13.2 Å². The quantitative estimate of drug-likeness (QED) is 0.660. The molecule has 0 bridgehead atoms. The minimum atomic E-state index is -4.74. The highest BCUT2D eigenvalue weighted by Crippen LogP contribution is 2.31. The molecule has 0 atom stereocenters. The van der Waals surface area contributed by atoms with Crippen molar-refractivity contribution in [3.63, 3.8) is 0 Å². The number of carbonyl (C=O) groups excluding carboxylic acids is 1. The average molecular weight is 440 g/mol. The highest BCUT2D eigenvalue weighted by atomic mass is 32.2. The minimum Gasteiger partial charge on any atom is -0.324 e. The Morgan fingerprint density at radius 1 is 1.17 bits per heavy atom. The second kappa shape index (κ2) is 7.73. The number of para-hydroxylation sites is 2. The summed E-state index contributed by atoms with van der Waals surface area (Å²) in [4.78, 5) is 16.1. The summed E-state index contributed by atoms with van der Waals surface area (Å²) in [6.45, 7) is 0.966. The number of halogens is 3. The third-order valence-electron chi connectivity index (χ3n) is 4.44. The highest BCUT2D eigenvalue weighted by molar-refractivity contribution is 7.89. The van der Waals surface area contributed by atoms with Gasteiger partial charge in [-0.25, -0.2) is 17.7 Å². The standard InChI is InChI=1S/C19H19F3N4O3S/c1-12-8-9-13(10-16(12)30(28,29)25(2)3)23-17(27)11-26-15-7-5-4-6-14(15)24-18(26)19(20,21)22/h4-10H,11H2,1-3H3,(H,23,27). The molecule has 0 aliphatic heterocycles. The first kappa shape index (κ1) is 21.8. The lowest BCUT2D eigenvalue weighted by Gasteiger charge is -2.15. The minimum absolute atomic E-state index is 0.00522. The number of benzene rings is 2. The molecule has 0 saturated heterocycles. The molecule has 0 saturated carbocycles. The van der Waals surface area contributed by atoms with Gasteiger partial charge in [0.05, 0.1) is 15.9 Å². The van der Waals surface area contributed by atoms with Gasteiger partial charge in [0.15, 0.2) is 0 Å². The van der Waals surface area contributed by atoms with E-state index in [1.165, 1.54) is 44.4 Å². The van der Waals surface area contributed by atoms with Crippen molar-refractivity contribution in [2.24, 2.45) is 0 Å². The molecule has 3 aromatic rings. The number of alkyl halides is 3. The third kappa shape index (κ3) is 4.17. The Labute approximate surface area is 171 Å². The number of aryl methyl sites for hydroxylation is 1. The van der Waals surface area contributed by atoms with Gasteiger partial charge < -0.3 is 9.88 Å². The molecule has 1 heterocycles. The number of aromatic nitrogens is 2. The summed E-state index contributed by atoms with van der Waals surface area (Å²) in [6.07, 6.45) is -4.74. The summed E-state index contributed by atoms with van der Waals surface area (Å²) in [5, 5.41) is 2.46. The van der Waals surface area contributed by atoms with Crippen molar-refractivity contribution < 1.29 is 26.4 Å². The Balaban J connectivity index is 1.92. The van der Waals surface area contributed by atoms with Crippen LogP contribution in [0, 0.1) is 6.92 Å². The first-order chi connectivity index (χ1) is 13.9. The van der Waals surface area contributed by atoms with Crippen LogP contribution in [-0.2, 0) is 27.5 Å². The van der Waals surface area contributed by atoms with Crippen molar-refractivity contribution in [3.05, 3.63) is 53.9 Å².